The molecule has 2 N–H and O–H groups in total. The van der Waals surface area contributed by atoms with Crippen molar-refractivity contribution in [3.8, 4) is 0 Å². The van der Waals surface area contributed by atoms with Gasteiger partial charge in [-0.3, -0.25) is 9.59 Å². The lowest BCUT2D eigenvalue weighted by Gasteiger charge is -2.08. The van der Waals surface area contributed by atoms with Crippen molar-refractivity contribution in [3.63, 3.8) is 0 Å². The number of aliphatic carboxylic acids is 1. The van der Waals surface area contributed by atoms with Gasteiger partial charge in [0.15, 0.2) is 0 Å². The minimum atomic E-state index is -4.97. The summed E-state index contributed by atoms with van der Waals surface area (Å²) in [5.41, 5.74) is 0.212. The van der Waals surface area contributed by atoms with Gasteiger partial charge < -0.3 is 10.4 Å². The summed E-state index contributed by atoms with van der Waals surface area (Å²) in [5.74, 6) is -3.20. The third-order valence-electron chi connectivity index (χ3n) is 1.80. The first-order valence-electron chi connectivity index (χ1n) is 4.48. The monoisotopic (exact) mass is 247 g/mol. The molecule has 0 atom stereocenters. The molecule has 0 aliphatic carbocycles. The van der Waals surface area contributed by atoms with E-state index in [0.717, 1.165) is 0 Å². The van der Waals surface area contributed by atoms with Crippen molar-refractivity contribution >= 4 is 17.6 Å². The Kier molecular flexibility index (Phi) is 3.72. The summed E-state index contributed by atoms with van der Waals surface area (Å²) in [6.07, 6.45) is -5.29. The molecule has 0 aromatic heterocycles. The molecule has 0 fully saturated rings. The Balaban J connectivity index is 2.79. The van der Waals surface area contributed by atoms with Crippen LogP contribution in [0.3, 0.4) is 0 Å². The lowest BCUT2D eigenvalue weighted by atomic mass is 10.1. The molecular formula is C10H8F3NO3. The average molecular weight is 247 g/mol. The van der Waals surface area contributed by atoms with Gasteiger partial charge in [-0.25, -0.2) is 0 Å². The maximum absolute atomic E-state index is 11.9. The van der Waals surface area contributed by atoms with Crippen LogP contribution in [0.2, 0.25) is 0 Å². The molecule has 7 heteroatoms. The number of alkyl halides is 3. The van der Waals surface area contributed by atoms with Gasteiger partial charge in [0, 0.05) is 5.69 Å². The standard InChI is InChI=1S/C10H8F3NO3/c11-10(12,13)9(17)14-7-3-1-2-6(4-7)5-8(15)16/h1-4H,5H2,(H,14,17)(H,15,16). The summed E-state index contributed by atoms with van der Waals surface area (Å²) in [4.78, 5) is 21.0. The number of halogens is 3. The van der Waals surface area contributed by atoms with E-state index in [0.29, 0.717) is 5.56 Å². The van der Waals surface area contributed by atoms with E-state index in [9.17, 15) is 22.8 Å². The van der Waals surface area contributed by atoms with Crippen LogP contribution >= 0.6 is 0 Å². The second-order valence-corrected chi connectivity index (χ2v) is 3.22. The van der Waals surface area contributed by atoms with E-state index in [1.807, 2.05) is 0 Å². The van der Waals surface area contributed by atoms with Gasteiger partial charge >= 0.3 is 18.1 Å². The highest BCUT2D eigenvalue weighted by Crippen LogP contribution is 2.19. The topological polar surface area (TPSA) is 66.4 Å². The third kappa shape index (κ3) is 4.13. The van der Waals surface area contributed by atoms with Crippen molar-refractivity contribution in [2.75, 3.05) is 5.32 Å². The number of carboxylic acid groups (broad SMARTS) is 1. The average Bonchev–Trinajstić information content (AvgIpc) is 2.15. The van der Waals surface area contributed by atoms with Gasteiger partial charge in [0.25, 0.3) is 0 Å². The number of nitrogens with one attached hydrogen (secondary N) is 1. The molecule has 0 saturated carbocycles. The molecule has 0 aliphatic heterocycles. The van der Waals surface area contributed by atoms with Crippen molar-refractivity contribution < 1.29 is 27.9 Å². The summed E-state index contributed by atoms with van der Waals surface area (Å²) < 4.78 is 35.8. The van der Waals surface area contributed by atoms with Crippen LogP contribution in [0.15, 0.2) is 24.3 Å². The number of benzene rings is 1. The smallest absolute Gasteiger partial charge is 0.471 e. The number of amides is 1. The highest BCUT2D eigenvalue weighted by molar-refractivity contribution is 5.95. The summed E-state index contributed by atoms with van der Waals surface area (Å²) in [7, 11) is 0. The zero-order valence-electron chi connectivity index (χ0n) is 8.41. The fourth-order valence-electron chi connectivity index (χ4n) is 1.14. The number of hydrogen-bond acceptors (Lipinski definition) is 2. The van der Waals surface area contributed by atoms with Crippen LogP contribution in [-0.2, 0) is 16.0 Å². The number of hydrogen-bond donors (Lipinski definition) is 2. The highest BCUT2D eigenvalue weighted by Gasteiger charge is 2.38. The summed E-state index contributed by atoms with van der Waals surface area (Å²) >= 11 is 0. The SMILES string of the molecule is O=C(O)Cc1cccc(NC(=O)C(F)(F)F)c1. The first kappa shape index (κ1) is 13.0. The van der Waals surface area contributed by atoms with Crippen LogP contribution in [0.25, 0.3) is 0 Å². The number of anilines is 1. The van der Waals surface area contributed by atoms with Gasteiger partial charge in [-0.15, -0.1) is 0 Å². The highest BCUT2D eigenvalue weighted by atomic mass is 19.4. The number of carbonyl (C=O) groups is 2. The molecule has 0 aliphatic rings. The Morgan fingerprint density at radius 3 is 2.47 bits per heavy atom. The molecule has 0 bridgehead atoms. The Bertz CT molecular complexity index is 443. The van der Waals surface area contributed by atoms with Crippen molar-refractivity contribution in [2.24, 2.45) is 0 Å². The third-order valence-corrected chi connectivity index (χ3v) is 1.80. The van der Waals surface area contributed by atoms with Crippen molar-refractivity contribution in [3.05, 3.63) is 29.8 Å². The molecule has 92 valence electrons. The van der Waals surface area contributed by atoms with E-state index < -0.39 is 18.1 Å². The van der Waals surface area contributed by atoms with E-state index in [2.05, 4.69) is 0 Å². The number of carboxylic acids is 1. The van der Waals surface area contributed by atoms with Crippen molar-refractivity contribution in [2.45, 2.75) is 12.6 Å². The molecule has 1 amide bonds. The van der Waals surface area contributed by atoms with Gasteiger partial charge in [-0.1, -0.05) is 12.1 Å². The minimum absolute atomic E-state index is 0.0916. The van der Waals surface area contributed by atoms with Gasteiger partial charge in [0.05, 0.1) is 6.42 Å². The van der Waals surface area contributed by atoms with E-state index >= 15 is 0 Å². The van der Waals surface area contributed by atoms with Crippen LogP contribution in [0.5, 0.6) is 0 Å². The number of rotatable bonds is 3. The van der Waals surface area contributed by atoms with Crippen LogP contribution < -0.4 is 5.32 Å². The molecule has 1 aromatic rings. The normalized spacial score (nSPS) is 11.0. The fraction of sp³-hybridized carbons (Fsp3) is 0.200. The molecular weight excluding hydrogens is 239 g/mol. The Morgan fingerprint density at radius 1 is 1.29 bits per heavy atom. The predicted molar refractivity (Wildman–Crippen MR) is 52.5 cm³/mol. The van der Waals surface area contributed by atoms with Gasteiger partial charge in [-0.2, -0.15) is 13.2 Å². The van der Waals surface area contributed by atoms with E-state index in [1.54, 1.807) is 5.32 Å². The second kappa shape index (κ2) is 4.86. The summed E-state index contributed by atoms with van der Waals surface area (Å²) in [5, 5.41) is 10.1. The first-order chi connectivity index (χ1) is 7.79. The van der Waals surface area contributed by atoms with Crippen LogP contribution in [-0.4, -0.2) is 23.2 Å². The zero-order valence-corrected chi connectivity index (χ0v) is 8.41. The molecule has 0 spiro atoms. The predicted octanol–water partition coefficient (Wildman–Crippen LogP) is 1.81. The lowest BCUT2D eigenvalue weighted by Crippen LogP contribution is -2.29. The zero-order chi connectivity index (χ0) is 13.1. The lowest BCUT2D eigenvalue weighted by molar-refractivity contribution is -0.167. The molecule has 1 aromatic carbocycles. The van der Waals surface area contributed by atoms with Crippen LogP contribution in [0, 0.1) is 0 Å². The van der Waals surface area contributed by atoms with E-state index in [1.165, 1.54) is 24.3 Å². The quantitative estimate of drug-likeness (QED) is 0.856. The fourth-order valence-corrected chi connectivity index (χ4v) is 1.14. The second-order valence-electron chi connectivity index (χ2n) is 3.22. The van der Waals surface area contributed by atoms with E-state index in [-0.39, 0.29) is 12.1 Å². The first-order valence-corrected chi connectivity index (χ1v) is 4.48. The molecule has 4 nitrogen and oxygen atoms in total. The Hall–Kier alpha value is -2.05. The molecule has 0 unspecified atom stereocenters. The molecule has 0 radical (unpaired) electrons. The summed E-state index contributed by atoms with van der Waals surface area (Å²) in [6.45, 7) is 0. The van der Waals surface area contributed by atoms with E-state index in [4.69, 9.17) is 5.11 Å². The summed E-state index contributed by atoms with van der Waals surface area (Å²) in [6, 6.07) is 5.23. The maximum Gasteiger partial charge on any atom is 0.471 e. The minimum Gasteiger partial charge on any atom is -0.481 e. The van der Waals surface area contributed by atoms with Crippen molar-refractivity contribution in [1.29, 1.82) is 0 Å². The molecule has 17 heavy (non-hydrogen) atoms. The van der Waals surface area contributed by atoms with Crippen molar-refractivity contribution in [1.82, 2.24) is 0 Å². The van der Waals surface area contributed by atoms with Gasteiger partial charge in [0.1, 0.15) is 0 Å². The molecule has 1 rings (SSSR count). The van der Waals surface area contributed by atoms with Gasteiger partial charge in [0.2, 0.25) is 0 Å². The maximum atomic E-state index is 11.9. The largest absolute Gasteiger partial charge is 0.481 e. The molecule has 0 saturated heterocycles. The Labute approximate surface area is 94.1 Å². The Morgan fingerprint density at radius 2 is 1.94 bits per heavy atom. The number of carbonyl (C=O) groups excluding carboxylic acids is 1. The van der Waals surface area contributed by atoms with Crippen LogP contribution in [0.4, 0.5) is 18.9 Å². The van der Waals surface area contributed by atoms with Crippen LogP contribution in [0.1, 0.15) is 5.56 Å². The molecule has 0 heterocycles. The van der Waals surface area contributed by atoms with Gasteiger partial charge in [-0.05, 0) is 17.7 Å².